The van der Waals surface area contributed by atoms with Gasteiger partial charge < -0.3 is 19.9 Å². The smallest absolute Gasteiger partial charge is 0.282 e. The standard InChI is InChI=1S/C25H35N3O2/c1-19(27(5)18-20-6-8-21(9-7-20)25(2,3)4)24(29)26-22-10-12-23(13-11-22)28-14-16-30-17-15-28/h6-13,19H,14-18H2,1-5H3,(H,26,29)/p+1/t19-/m0/s1. The molecule has 1 saturated heterocycles. The second-order valence-corrected chi connectivity index (χ2v) is 9.33. The van der Waals surface area contributed by atoms with Gasteiger partial charge in [-0.25, -0.2) is 0 Å². The Hall–Kier alpha value is -2.37. The zero-order valence-electron chi connectivity index (χ0n) is 19.0. The lowest BCUT2D eigenvalue weighted by atomic mass is 9.87. The maximum atomic E-state index is 12.8. The molecule has 0 saturated carbocycles. The summed E-state index contributed by atoms with van der Waals surface area (Å²) in [5, 5.41) is 3.06. The van der Waals surface area contributed by atoms with E-state index in [0.29, 0.717) is 0 Å². The summed E-state index contributed by atoms with van der Waals surface area (Å²) in [6.45, 7) is 12.8. The van der Waals surface area contributed by atoms with Crippen LogP contribution in [0.25, 0.3) is 0 Å². The molecule has 5 nitrogen and oxygen atoms in total. The lowest BCUT2D eigenvalue weighted by molar-refractivity contribution is -0.907. The molecule has 2 atom stereocenters. The van der Waals surface area contributed by atoms with Gasteiger partial charge in [0.25, 0.3) is 5.91 Å². The maximum Gasteiger partial charge on any atom is 0.282 e. The molecule has 0 aromatic heterocycles. The van der Waals surface area contributed by atoms with Gasteiger partial charge in [0.2, 0.25) is 0 Å². The molecule has 1 aliphatic heterocycles. The van der Waals surface area contributed by atoms with Crippen molar-refractivity contribution in [3.8, 4) is 0 Å². The molecule has 0 spiro atoms. The number of morpholine rings is 1. The molecular formula is C25H36N3O2+. The number of nitrogens with zero attached hydrogens (tertiary/aromatic N) is 1. The predicted molar refractivity (Wildman–Crippen MR) is 123 cm³/mol. The number of nitrogens with one attached hydrogen (secondary N) is 2. The molecule has 0 radical (unpaired) electrons. The van der Waals surface area contributed by atoms with Gasteiger partial charge in [0.05, 0.1) is 20.3 Å². The van der Waals surface area contributed by atoms with Gasteiger partial charge in [-0.05, 0) is 42.2 Å². The summed E-state index contributed by atoms with van der Waals surface area (Å²) in [6.07, 6.45) is 0. The zero-order valence-corrected chi connectivity index (χ0v) is 19.0. The number of amides is 1. The van der Waals surface area contributed by atoms with Gasteiger partial charge >= 0.3 is 0 Å². The molecule has 2 N–H and O–H groups in total. The molecule has 1 amide bonds. The van der Waals surface area contributed by atoms with Crippen molar-refractivity contribution in [3.63, 3.8) is 0 Å². The molecule has 5 heteroatoms. The quantitative estimate of drug-likeness (QED) is 0.770. The number of ether oxygens (including phenoxy) is 1. The first-order valence-corrected chi connectivity index (χ1v) is 10.9. The molecule has 30 heavy (non-hydrogen) atoms. The molecule has 1 unspecified atom stereocenters. The molecule has 1 heterocycles. The zero-order chi connectivity index (χ0) is 21.7. The second kappa shape index (κ2) is 9.63. The number of carbonyl (C=O) groups excluding carboxylic acids is 1. The van der Waals surface area contributed by atoms with Crippen molar-refractivity contribution in [1.29, 1.82) is 0 Å². The fourth-order valence-corrected chi connectivity index (χ4v) is 3.65. The maximum absolute atomic E-state index is 12.8. The monoisotopic (exact) mass is 410 g/mol. The van der Waals surface area contributed by atoms with E-state index in [1.807, 2.05) is 19.1 Å². The van der Waals surface area contributed by atoms with E-state index in [2.05, 4.69) is 74.4 Å². The van der Waals surface area contributed by atoms with Crippen molar-refractivity contribution < 1.29 is 14.4 Å². The van der Waals surface area contributed by atoms with Crippen molar-refractivity contribution in [2.45, 2.75) is 45.7 Å². The summed E-state index contributed by atoms with van der Waals surface area (Å²) in [5.41, 5.74) is 4.74. The SMILES string of the molecule is C[C@@H](C(=O)Nc1ccc(N2CCOCC2)cc1)[NH+](C)Cc1ccc(C(C)(C)C)cc1. The molecular weight excluding hydrogens is 374 g/mol. The van der Waals surface area contributed by atoms with Gasteiger partial charge in [-0.15, -0.1) is 0 Å². The summed E-state index contributed by atoms with van der Waals surface area (Å²) in [4.78, 5) is 16.2. The van der Waals surface area contributed by atoms with Crippen LogP contribution in [0.4, 0.5) is 11.4 Å². The van der Waals surface area contributed by atoms with Crippen LogP contribution in [0.3, 0.4) is 0 Å². The second-order valence-electron chi connectivity index (χ2n) is 9.33. The van der Waals surface area contributed by atoms with Crippen molar-refractivity contribution in [3.05, 3.63) is 59.7 Å². The molecule has 2 aromatic rings. The number of benzene rings is 2. The largest absolute Gasteiger partial charge is 0.378 e. The summed E-state index contributed by atoms with van der Waals surface area (Å²) >= 11 is 0. The third kappa shape index (κ3) is 5.83. The van der Waals surface area contributed by atoms with E-state index in [0.717, 1.165) is 38.5 Å². The number of hydrogen-bond acceptors (Lipinski definition) is 3. The minimum atomic E-state index is -0.147. The van der Waals surface area contributed by atoms with Crippen molar-refractivity contribution in [2.75, 3.05) is 43.6 Å². The molecule has 3 rings (SSSR count). The van der Waals surface area contributed by atoms with Crippen LogP contribution in [0.5, 0.6) is 0 Å². The van der Waals surface area contributed by atoms with E-state index in [-0.39, 0.29) is 17.4 Å². The number of carbonyl (C=O) groups is 1. The Morgan fingerprint density at radius 1 is 1.07 bits per heavy atom. The van der Waals surface area contributed by atoms with Crippen LogP contribution in [0.15, 0.2) is 48.5 Å². The number of anilines is 2. The highest BCUT2D eigenvalue weighted by Gasteiger charge is 2.22. The van der Waals surface area contributed by atoms with Crippen LogP contribution < -0.4 is 15.1 Å². The first kappa shape index (κ1) is 22.3. The van der Waals surface area contributed by atoms with Crippen molar-refractivity contribution in [1.82, 2.24) is 0 Å². The number of likely N-dealkylation sites (N-methyl/N-ethyl adjacent to an activating group) is 1. The Balaban J connectivity index is 1.54. The first-order valence-electron chi connectivity index (χ1n) is 10.9. The Kier molecular flexibility index (Phi) is 7.16. The van der Waals surface area contributed by atoms with Gasteiger partial charge in [-0.2, -0.15) is 0 Å². The van der Waals surface area contributed by atoms with Crippen molar-refractivity contribution in [2.24, 2.45) is 0 Å². The fourth-order valence-electron chi connectivity index (χ4n) is 3.65. The highest BCUT2D eigenvalue weighted by atomic mass is 16.5. The lowest BCUT2D eigenvalue weighted by Crippen LogP contribution is -3.12. The topological polar surface area (TPSA) is 46.0 Å². The molecule has 0 aliphatic carbocycles. The summed E-state index contributed by atoms with van der Waals surface area (Å²) < 4.78 is 5.41. The van der Waals surface area contributed by atoms with E-state index < -0.39 is 0 Å². The van der Waals surface area contributed by atoms with E-state index in [4.69, 9.17) is 4.74 Å². The average Bonchev–Trinajstić information content (AvgIpc) is 2.74. The highest BCUT2D eigenvalue weighted by Crippen LogP contribution is 2.22. The van der Waals surface area contributed by atoms with Gasteiger partial charge in [-0.1, -0.05) is 45.0 Å². The molecule has 2 aromatic carbocycles. The highest BCUT2D eigenvalue weighted by molar-refractivity contribution is 5.93. The third-order valence-corrected chi connectivity index (χ3v) is 5.95. The molecule has 1 aliphatic rings. The van der Waals surface area contributed by atoms with Gasteiger partial charge in [0, 0.05) is 30.0 Å². The van der Waals surface area contributed by atoms with Gasteiger partial charge in [0.15, 0.2) is 6.04 Å². The Morgan fingerprint density at radius 2 is 1.67 bits per heavy atom. The molecule has 1 fully saturated rings. The van der Waals surface area contributed by atoms with E-state index in [1.165, 1.54) is 21.7 Å². The number of hydrogen-bond donors (Lipinski definition) is 2. The minimum Gasteiger partial charge on any atom is -0.378 e. The fraction of sp³-hybridized carbons (Fsp3) is 0.480. The van der Waals surface area contributed by atoms with Crippen LogP contribution in [0.2, 0.25) is 0 Å². The third-order valence-electron chi connectivity index (χ3n) is 5.95. The summed E-state index contributed by atoms with van der Waals surface area (Å²) in [6, 6.07) is 16.7. The van der Waals surface area contributed by atoms with Crippen LogP contribution in [-0.4, -0.2) is 45.3 Å². The van der Waals surface area contributed by atoms with Gasteiger partial charge in [-0.3, -0.25) is 4.79 Å². The normalized spacial score (nSPS) is 16.8. The van der Waals surface area contributed by atoms with Gasteiger partial charge in [0.1, 0.15) is 6.54 Å². The summed E-state index contributed by atoms with van der Waals surface area (Å²) in [5.74, 6) is 0.0398. The average molecular weight is 411 g/mol. The predicted octanol–water partition coefficient (Wildman–Crippen LogP) is 2.86. The summed E-state index contributed by atoms with van der Waals surface area (Å²) in [7, 11) is 2.07. The minimum absolute atomic E-state index is 0.0398. The van der Waals surface area contributed by atoms with Crippen LogP contribution >= 0.6 is 0 Å². The number of rotatable bonds is 6. The molecule has 0 bridgehead atoms. The molecule has 162 valence electrons. The van der Waals surface area contributed by atoms with Crippen LogP contribution in [-0.2, 0) is 21.5 Å². The Bertz CT molecular complexity index is 819. The Labute approximate surface area is 181 Å². The van der Waals surface area contributed by atoms with Crippen molar-refractivity contribution >= 4 is 17.3 Å². The van der Waals surface area contributed by atoms with E-state index in [1.54, 1.807) is 0 Å². The van der Waals surface area contributed by atoms with E-state index >= 15 is 0 Å². The number of quaternary nitrogens is 1. The first-order chi connectivity index (χ1) is 14.2. The Morgan fingerprint density at radius 3 is 2.23 bits per heavy atom. The lowest BCUT2D eigenvalue weighted by Gasteiger charge is -2.29. The van der Waals surface area contributed by atoms with Crippen LogP contribution in [0.1, 0.15) is 38.8 Å². The van der Waals surface area contributed by atoms with E-state index in [9.17, 15) is 4.79 Å². The van der Waals surface area contributed by atoms with Crippen LogP contribution in [0, 0.1) is 0 Å².